The molecule has 6 nitrogen and oxygen atoms in total. The summed E-state index contributed by atoms with van der Waals surface area (Å²) in [4.78, 5) is 10.8. The summed E-state index contributed by atoms with van der Waals surface area (Å²) in [7, 11) is 3.41. The van der Waals surface area contributed by atoms with Gasteiger partial charge in [0, 0.05) is 48.7 Å². The van der Waals surface area contributed by atoms with Crippen LogP contribution in [0.2, 0.25) is 0 Å². The number of anilines is 1. The molecule has 0 amide bonds. The Labute approximate surface area is 164 Å². The summed E-state index contributed by atoms with van der Waals surface area (Å²) < 4.78 is 16.5. The SMILES string of the molecule is COc1cccc(C2CCN(Cc3cnc(N4CCOCC4)s3)C2)c1OC. The van der Waals surface area contributed by atoms with Gasteiger partial charge in [0.2, 0.25) is 0 Å². The molecule has 0 saturated carbocycles. The van der Waals surface area contributed by atoms with E-state index in [1.807, 2.05) is 23.6 Å². The number of thiazole rings is 1. The van der Waals surface area contributed by atoms with Gasteiger partial charge in [-0.05, 0) is 19.0 Å². The van der Waals surface area contributed by atoms with Crippen LogP contribution in [-0.4, -0.2) is 63.5 Å². The predicted octanol–water partition coefficient (Wildman–Crippen LogP) is 2.99. The molecule has 0 bridgehead atoms. The third-order valence-corrected chi connectivity index (χ3v) is 6.39. The molecule has 2 saturated heterocycles. The topological polar surface area (TPSA) is 47.1 Å². The van der Waals surface area contributed by atoms with Crippen molar-refractivity contribution in [1.29, 1.82) is 0 Å². The predicted molar refractivity (Wildman–Crippen MR) is 107 cm³/mol. The van der Waals surface area contributed by atoms with Gasteiger partial charge in [-0.2, -0.15) is 0 Å². The van der Waals surface area contributed by atoms with E-state index in [0.29, 0.717) is 5.92 Å². The van der Waals surface area contributed by atoms with Gasteiger partial charge in [0.15, 0.2) is 16.6 Å². The quantitative estimate of drug-likeness (QED) is 0.757. The summed E-state index contributed by atoms with van der Waals surface area (Å²) in [5, 5.41) is 1.12. The van der Waals surface area contributed by atoms with Gasteiger partial charge in [0.1, 0.15) is 0 Å². The third-order valence-electron chi connectivity index (χ3n) is 5.35. The van der Waals surface area contributed by atoms with E-state index in [0.717, 1.165) is 69.0 Å². The van der Waals surface area contributed by atoms with Gasteiger partial charge in [0.25, 0.3) is 0 Å². The molecule has 1 aromatic heterocycles. The van der Waals surface area contributed by atoms with Gasteiger partial charge in [0.05, 0.1) is 27.4 Å². The maximum Gasteiger partial charge on any atom is 0.185 e. The van der Waals surface area contributed by atoms with Crippen LogP contribution in [0.3, 0.4) is 0 Å². The van der Waals surface area contributed by atoms with E-state index in [1.54, 1.807) is 14.2 Å². The zero-order valence-corrected chi connectivity index (χ0v) is 16.8. The highest BCUT2D eigenvalue weighted by Gasteiger charge is 2.28. The number of methoxy groups -OCH3 is 2. The van der Waals surface area contributed by atoms with E-state index < -0.39 is 0 Å². The van der Waals surface area contributed by atoms with Crippen molar-refractivity contribution in [3.63, 3.8) is 0 Å². The Morgan fingerprint density at radius 3 is 2.81 bits per heavy atom. The fraction of sp³-hybridized carbons (Fsp3) is 0.550. The minimum absolute atomic E-state index is 0.474. The number of nitrogens with zero attached hydrogens (tertiary/aromatic N) is 3. The van der Waals surface area contributed by atoms with Crippen LogP contribution >= 0.6 is 11.3 Å². The number of hydrogen-bond donors (Lipinski definition) is 0. The normalized spacial score (nSPS) is 20.8. The van der Waals surface area contributed by atoms with Gasteiger partial charge >= 0.3 is 0 Å². The first-order valence-electron chi connectivity index (χ1n) is 9.49. The Morgan fingerprint density at radius 2 is 2.04 bits per heavy atom. The van der Waals surface area contributed by atoms with E-state index in [9.17, 15) is 0 Å². The van der Waals surface area contributed by atoms with Gasteiger partial charge in [-0.3, -0.25) is 4.90 Å². The molecule has 0 spiro atoms. The second kappa shape index (κ2) is 8.46. The minimum atomic E-state index is 0.474. The molecule has 0 aliphatic carbocycles. The molecule has 0 N–H and O–H groups in total. The lowest BCUT2D eigenvalue weighted by molar-refractivity contribution is 0.122. The molecule has 1 aromatic carbocycles. The van der Waals surface area contributed by atoms with E-state index in [1.165, 1.54) is 10.4 Å². The molecule has 0 radical (unpaired) electrons. The maximum atomic E-state index is 5.64. The Kier molecular flexibility index (Phi) is 5.80. The summed E-state index contributed by atoms with van der Waals surface area (Å²) in [6.45, 7) is 6.56. The fourth-order valence-electron chi connectivity index (χ4n) is 3.96. The van der Waals surface area contributed by atoms with Gasteiger partial charge < -0.3 is 19.1 Å². The molecule has 2 aliphatic rings. The van der Waals surface area contributed by atoms with Crippen molar-refractivity contribution in [3.8, 4) is 11.5 Å². The lowest BCUT2D eigenvalue weighted by Crippen LogP contribution is -2.36. The lowest BCUT2D eigenvalue weighted by atomic mass is 9.97. The molecule has 3 heterocycles. The molecular weight excluding hydrogens is 362 g/mol. The van der Waals surface area contributed by atoms with Crippen LogP contribution < -0.4 is 14.4 Å². The standard InChI is InChI=1S/C20H27N3O3S/c1-24-18-5-3-4-17(19(18)25-2)15-6-7-22(13-15)14-16-12-21-20(27-16)23-8-10-26-11-9-23/h3-5,12,15H,6-11,13-14H2,1-2H3. The zero-order valence-electron chi connectivity index (χ0n) is 16.0. The average Bonchev–Trinajstić information content (AvgIpc) is 3.38. The van der Waals surface area contributed by atoms with E-state index in [4.69, 9.17) is 14.2 Å². The van der Waals surface area contributed by atoms with Crippen LogP contribution in [0.4, 0.5) is 5.13 Å². The summed E-state index contributed by atoms with van der Waals surface area (Å²) in [5.74, 6) is 2.16. The van der Waals surface area contributed by atoms with Crippen LogP contribution in [0.5, 0.6) is 11.5 Å². The van der Waals surface area contributed by atoms with Crippen LogP contribution in [0.1, 0.15) is 22.8 Å². The second-order valence-electron chi connectivity index (χ2n) is 7.01. The molecule has 7 heteroatoms. The highest BCUT2D eigenvalue weighted by Crippen LogP contribution is 2.39. The molecule has 146 valence electrons. The number of ether oxygens (including phenoxy) is 3. The van der Waals surface area contributed by atoms with Crippen LogP contribution in [0.25, 0.3) is 0 Å². The summed E-state index contributed by atoms with van der Waals surface area (Å²) >= 11 is 1.81. The van der Waals surface area contributed by atoms with E-state index in [2.05, 4.69) is 26.9 Å². The lowest BCUT2D eigenvalue weighted by Gasteiger charge is -2.26. The van der Waals surface area contributed by atoms with Crippen molar-refractivity contribution in [1.82, 2.24) is 9.88 Å². The van der Waals surface area contributed by atoms with Crippen molar-refractivity contribution in [2.75, 3.05) is 58.5 Å². The molecule has 2 aromatic rings. The first-order valence-corrected chi connectivity index (χ1v) is 10.3. The highest BCUT2D eigenvalue weighted by atomic mass is 32.1. The van der Waals surface area contributed by atoms with Crippen molar-refractivity contribution >= 4 is 16.5 Å². The van der Waals surface area contributed by atoms with Crippen molar-refractivity contribution in [2.45, 2.75) is 18.9 Å². The van der Waals surface area contributed by atoms with Gasteiger partial charge in [-0.1, -0.05) is 12.1 Å². The van der Waals surface area contributed by atoms with Crippen molar-refractivity contribution in [3.05, 3.63) is 34.8 Å². The number of rotatable bonds is 6. The molecular formula is C20H27N3O3S. The first-order chi connectivity index (χ1) is 13.3. The number of benzene rings is 1. The van der Waals surface area contributed by atoms with Crippen LogP contribution in [0, 0.1) is 0 Å². The second-order valence-corrected chi connectivity index (χ2v) is 8.11. The first kappa shape index (κ1) is 18.5. The monoisotopic (exact) mass is 389 g/mol. The maximum absolute atomic E-state index is 5.64. The smallest absolute Gasteiger partial charge is 0.185 e. The molecule has 2 fully saturated rings. The number of aromatic nitrogens is 1. The minimum Gasteiger partial charge on any atom is -0.493 e. The summed E-state index contributed by atoms with van der Waals surface area (Å²) in [6.07, 6.45) is 3.17. The van der Waals surface area contributed by atoms with Crippen molar-refractivity contribution < 1.29 is 14.2 Å². The Hall–Kier alpha value is -1.83. The van der Waals surface area contributed by atoms with Gasteiger partial charge in [-0.25, -0.2) is 4.98 Å². The Bertz CT molecular complexity index is 761. The molecule has 1 atom stereocenters. The van der Waals surface area contributed by atoms with Crippen LogP contribution in [0.15, 0.2) is 24.4 Å². The molecule has 1 unspecified atom stereocenters. The number of para-hydroxylation sites is 1. The Morgan fingerprint density at radius 1 is 1.19 bits per heavy atom. The largest absolute Gasteiger partial charge is 0.493 e. The number of hydrogen-bond acceptors (Lipinski definition) is 7. The third kappa shape index (κ3) is 4.05. The fourth-order valence-corrected chi connectivity index (χ4v) is 4.96. The zero-order chi connectivity index (χ0) is 18.6. The highest BCUT2D eigenvalue weighted by molar-refractivity contribution is 7.15. The molecule has 4 rings (SSSR count). The van der Waals surface area contributed by atoms with Gasteiger partial charge in [-0.15, -0.1) is 11.3 Å². The molecule has 2 aliphatic heterocycles. The van der Waals surface area contributed by atoms with E-state index >= 15 is 0 Å². The molecule has 27 heavy (non-hydrogen) atoms. The summed E-state index contributed by atoms with van der Waals surface area (Å²) in [6, 6.07) is 6.18. The van der Waals surface area contributed by atoms with Crippen molar-refractivity contribution in [2.24, 2.45) is 0 Å². The number of likely N-dealkylation sites (tertiary alicyclic amines) is 1. The van der Waals surface area contributed by atoms with Crippen LogP contribution in [-0.2, 0) is 11.3 Å². The number of morpholine rings is 1. The average molecular weight is 390 g/mol. The van der Waals surface area contributed by atoms with E-state index in [-0.39, 0.29) is 0 Å². The Balaban J connectivity index is 1.40. The summed E-state index contributed by atoms with van der Waals surface area (Å²) in [5.41, 5.74) is 1.25.